The lowest BCUT2D eigenvalue weighted by atomic mass is 10.1. The second-order valence-corrected chi connectivity index (χ2v) is 7.84. The van der Waals surface area contributed by atoms with Crippen LogP contribution in [0.25, 0.3) is 11.0 Å². The average Bonchev–Trinajstić information content (AvgIpc) is 2.91. The number of carbonyl (C=O) groups excluding carboxylic acids is 3. The van der Waals surface area contributed by atoms with Gasteiger partial charge in [0, 0.05) is 12.5 Å². The van der Waals surface area contributed by atoms with E-state index < -0.39 is 35.5 Å². The highest BCUT2D eigenvalue weighted by Gasteiger charge is 2.30. The highest BCUT2D eigenvalue weighted by atomic mass is 19.1. The van der Waals surface area contributed by atoms with Crippen molar-refractivity contribution in [2.75, 3.05) is 32.8 Å². The predicted octanol–water partition coefficient (Wildman–Crippen LogP) is 3.53. The fraction of sp³-hybridized carbons (Fsp3) is 0.346. The van der Waals surface area contributed by atoms with Crippen LogP contribution in [0.2, 0.25) is 0 Å². The number of halogens is 1. The predicted molar refractivity (Wildman–Crippen MR) is 136 cm³/mol. The minimum absolute atomic E-state index is 0.0370. The van der Waals surface area contributed by atoms with E-state index in [2.05, 4.69) is 20.6 Å². The Hall–Kier alpha value is -4.48. The van der Waals surface area contributed by atoms with Crippen molar-refractivity contribution in [3.63, 3.8) is 0 Å². The molecule has 0 aliphatic carbocycles. The molecule has 1 amide bonds. The fourth-order valence-electron chi connectivity index (χ4n) is 3.64. The molecule has 1 heterocycles. The standard InChI is InChI=1S/C26H29FN4O7/c1-5-37-21(32)12-11-17(26(34)38-6-2)31-25(33)22-19(35-3)13-18(23(27)24(22)36-4)30-20-14-28-15-9-7-8-10-16(15)29-20/h7-10,13-14,17H,5-6,11-12H2,1-4H3,(H,29,30)(H,31,33). The third kappa shape index (κ3) is 6.64. The number of hydrogen-bond acceptors (Lipinski definition) is 10. The molecule has 2 aromatic carbocycles. The number of nitrogens with zero attached hydrogens (tertiary/aromatic N) is 2. The largest absolute Gasteiger partial charge is 0.496 e. The molecule has 0 aliphatic heterocycles. The molecule has 38 heavy (non-hydrogen) atoms. The van der Waals surface area contributed by atoms with Crippen molar-refractivity contribution in [2.24, 2.45) is 0 Å². The Morgan fingerprint density at radius 3 is 2.39 bits per heavy atom. The first kappa shape index (κ1) is 28.1. The number of benzene rings is 2. The van der Waals surface area contributed by atoms with Crippen LogP contribution < -0.4 is 20.1 Å². The number of nitrogens with one attached hydrogen (secondary N) is 2. The summed E-state index contributed by atoms with van der Waals surface area (Å²) in [5.41, 5.74) is 0.901. The lowest BCUT2D eigenvalue weighted by Crippen LogP contribution is -2.42. The highest BCUT2D eigenvalue weighted by molar-refractivity contribution is 6.02. The lowest BCUT2D eigenvalue weighted by molar-refractivity contribution is -0.146. The number of methoxy groups -OCH3 is 2. The van der Waals surface area contributed by atoms with Crippen LogP contribution in [0, 0.1) is 5.82 Å². The molecule has 1 atom stereocenters. The molecular formula is C26H29FN4O7. The van der Waals surface area contributed by atoms with Crippen molar-refractivity contribution >= 4 is 40.4 Å². The first-order valence-electron chi connectivity index (χ1n) is 11.9. The smallest absolute Gasteiger partial charge is 0.328 e. The van der Waals surface area contributed by atoms with E-state index >= 15 is 4.39 Å². The van der Waals surface area contributed by atoms with Gasteiger partial charge in [0.05, 0.1) is 50.4 Å². The Labute approximate surface area is 218 Å². The minimum atomic E-state index is -1.20. The summed E-state index contributed by atoms with van der Waals surface area (Å²) >= 11 is 0. The quantitative estimate of drug-likeness (QED) is 0.336. The fourth-order valence-corrected chi connectivity index (χ4v) is 3.64. The van der Waals surface area contributed by atoms with Gasteiger partial charge >= 0.3 is 11.9 Å². The molecular weight excluding hydrogens is 499 g/mol. The lowest BCUT2D eigenvalue weighted by Gasteiger charge is -2.20. The van der Waals surface area contributed by atoms with Crippen LogP contribution in [-0.2, 0) is 19.1 Å². The topological polar surface area (TPSA) is 138 Å². The zero-order valence-electron chi connectivity index (χ0n) is 21.5. The summed E-state index contributed by atoms with van der Waals surface area (Å²) in [4.78, 5) is 46.2. The van der Waals surface area contributed by atoms with Crippen LogP contribution >= 0.6 is 0 Å². The SMILES string of the molecule is CCOC(=O)CCC(NC(=O)c1c(OC)cc(Nc2cnc3ccccc3n2)c(F)c1OC)C(=O)OCC. The summed E-state index contributed by atoms with van der Waals surface area (Å²) in [7, 11) is 2.49. The third-order valence-electron chi connectivity index (χ3n) is 5.37. The Kier molecular flexibility index (Phi) is 9.74. The maximum Gasteiger partial charge on any atom is 0.328 e. The molecule has 202 valence electrons. The van der Waals surface area contributed by atoms with Crippen molar-refractivity contribution in [3.8, 4) is 11.5 Å². The van der Waals surface area contributed by atoms with E-state index in [1.54, 1.807) is 32.0 Å². The number of para-hydroxylation sites is 2. The molecule has 0 fully saturated rings. The van der Waals surface area contributed by atoms with Crippen LogP contribution in [0.3, 0.4) is 0 Å². The Balaban J connectivity index is 1.91. The molecule has 0 radical (unpaired) electrons. The molecule has 0 bridgehead atoms. The monoisotopic (exact) mass is 528 g/mol. The Bertz CT molecular complexity index is 1320. The average molecular weight is 529 g/mol. The van der Waals surface area contributed by atoms with Gasteiger partial charge in [-0.05, 0) is 32.4 Å². The number of hydrogen-bond donors (Lipinski definition) is 2. The highest BCUT2D eigenvalue weighted by Crippen LogP contribution is 2.38. The summed E-state index contributed by atoms with van der Waals surface area (Å²) in [6, 6.07) is 7.25. The van der Waals surface area contributed by atoms with Gasteiger partial charge in [-0.25, -0.2) is 14.2 Å². The van der Waals surface area contributed by atoms with Gasteiger partial charge in [0.2, 0.25) is 0 Å². The maximum atomic E-state index is 15.5. The summed E-state index contributed by atoms with van der Waals surface area (Å²) in [6.45, 7) is 3.49. The van der Waals surface area contributed by atoms with Crippen LogP contribution in [0.5, 0.6) is 11.5 Å². The number of aromatic nitrogens is 2. The number of rotatable bonds is 12. The molecule has 12 heteroatoms. The number of anilines is 2. The van der Waals surface area contributed by atoms with E-state index in [1.807, 2.05) is 6.07 Å². The van der Waals surface area contributed by atoms with E-state index in [1.165, 1.54) is 26.5 Å². The molecule has 1 aromatic heterocycles. The van der Waals surface area contributed by atoms with Crippen molar-refractivity contribution in [3.05, 3.63) is 47.9 Å². The van der Waals surface area contributed by atoms with Crippen molar-refractivity contribution < 1.29 is 37.7 Å². The number of carbonyl (C=O) groups is 3. The zero-order valence-corrected chi connectivity index (χ0v) is 21.5. The number of fused-ring (bicyclic) bond motifs is 1. The van der Waals surface area contributed by atoms with Crippen LogP contribution in [0.1, 0.15) is 37.0 Å². The van der Waals surface area contributed by atoms with E-state index in [-0.39, 0.29) is 48.9 Å². The second kappa shape index (κ2) is 13.2. The number of amides is 1. The summed E-state index contributed by atoms with van der Waals surface area (Å²) in [6.07, 6.45) is 1.21. The second-order valence-electron chi connectivity index (χ2n) is 7.84. The Morgan fingerprint density at radius 2 is 1.74 bits per heavy atom. The molecule has 2 N–H and O–H groups in total. The van der Waals surface area contributed by atoms with Gasteiger partial charge < -0.3 is 29.6 Å². The van der Waals surface area contributed by atoms with Gasteiger partial charge in [-0.15, -0.1) is 0 Å². The molecule has 1 unspecified atom stereocenters. The van der Waals surface area contributed by atoms with Crippen molar-refractivity contribution in [1.29, 1.82) is 0 Å². The van der Waals surface area contributed by atoms with E-state index in [9.17, 15) is 14.4 Å². The normalized spacial score (nSPS) is 11.4. The first-order chi connectivity index (χ1) is 18.3. The van der Waals surface area contributed by atoms with E-state index in [0.717, 1.165) is 0 Å². The maximum absolute atomic E-state index is 15.5. The number of esters is 2. The van der Waals surface area contributed by atoms with Gasteiger partial charge in [0.25, 0.3) is 5.91 Å². The van der Waals surface area contributed by atoms with Crippen LogP contribution in [-0.4, -0.2) is 61.3 Å². The molecule has 3 aromatic rings. The van der Waals surface area contributed by atoms with Crippen LogP contribution in [0.15, 0.2) is 36.5 Å². The zero-order chi connectivity index (χ0) is 27.7. The molecule has 0 saturated heterocycles. The van der Waals surface area contributed by atoms with Gasteiger partial charge in [0.1, 0.15) is 23.2 Å². The van der Waals surface area contributed by atoms with E-state index in [4.69, 9.17) is 18.9 Å². The molecule has 0 saturated carbocycles. The van der Waals surface area contributed by atoms with Gasteiger partial charge in [-0.1, -0.05) is 12.1 Å². The third-order valence-corrected chi connectivity index (χ3v) is 5.37. The minimum Gasteiger partial charge on any atom is -0.496 e. The Morgan fingerprint density at radius 1 is 1.03 bits per heavy atom. The van der Waals surface area contributed by atoms with Crippen LogP contribution in [0.4, 0.5) is 15.9 Å². The molecule has 3 rings (SSSR count). The molecule has 0 spiro atoms. The summed E-state index contributed by atoms with van der Waals surface area (Å²) in [5.74, 6) is -3.26. The molecule has 0 aliphatic rings. The number of ether oxygens (including phenoxy) is 4. The van der Waals surface area contributed by atoms with Gasteiger partial charge in [-0.2, -0.15) is 0 Å². The van der Waals surface area contributed by atoms with E-state index in [0.29, 0.717) is 11.0 Å². The van der Waals surface area contributed by atoms with Crippen molar-refractivity contribution in [1.82, 2.24) is 15.3 Å². The first-order valence-corrected chi connectivity index (χ1v) is 11.9. The molecule has 11 nitrogen and oxygen atoms in total. The van der Waals surface area contributed by atoms with Gasteiger partial charge in [0.15, 0.2) is 11.6 Å². The van der Waals surface area contributed by atoms with Crippen molar-refractivity contribution in [2.45, 2.75) is 32.7 Å². The summed E-state index contributed by atoms with van der Waals surface area (Å²) < 4.78 is 36.0. The van der Waals surface area contributed by atoms with Gasteiger partial charge in [-0.3, -0.25) is 14.6 Å². The summed E-state index contributed by atoms with van der Waals surface area (Å²) in [5, 5.41) is 5.33.